The van der Waals surface area contributed by atoms with Crippen LogP contribution < -0.4 is 5.32 Å². The molecule has 0 bridgehead atoms. The van der Waals surface area contributed by atoms with Crippen LogP contribution in [0.3, 0.4) is 0 Å². The maximum atomic E-state index is 11.2. The number of carbonyl (C=O) groups excluding carboxylic acids is 1. The second-order valence-electron chi connectivity index (χ2n) is 2.28. The molecule has 1 heterocycles. The molecule has 1 aliphatic rings. The molecule has 0 aromatic rings. The van der Waals surface area contributed by atoms with Crippen LogP contribution in [-0.4, -0.2) is 12.6 Å². The molecule has 0 fully saturated rings. The molecule has 0 aromatic carbocycles. The summed E-state index contributed by atoms with van der Waals surface area (Å²) in [5.41, 5.74) is 0.486. The number of hydrogen-bond acceptors (Lipinski definition) is 2. The van der Waals surface area contributed by atoms with Crippen molar-refractivity contribution in [3.05, 3.63) is 36.1 Å². The fourth-order valence-electron chi connectivity index (χ4n) is 0.947. The first-order chi connectivity index (χ1) is 5.79. The van der Waals surface area contributed by atoms with Crippen LogP contribution in [0.1, 0.15) is 6.92 Å². The summed E-state index contributed by atoms with van der Waals surface area (Å²) in [7, 11) is 0. The Morgan fingerprint density at radius 1 is 1.67 bits per heavy atom. The molecule has 64 valence electrons. The highest BCUT2D eigenvalue weighted by molar-refractivity contribution is 5.97. The van der Waals surface area contributed by atoms with E-state index in [0.717, 1.165) is 0 Å². The molecule has 12 heavy (non-hydrogen) atoms. The minimum absolute atomic E-state index is 0.135. The van der Waals surface area contributed by atoms with Gasteiger partial charge in [0.2, 0.25) is 0 Å². The average Bonchev–Trinajstić information content (AvgIpc) is 2.05. The van der Waals surface area contributed by atoms with E-state index in [-0.39, 0.29) is 12.6 Å². The number of hydrogen-bond donors (Lipinski definition) is 1. The highest BCUT2D eigenvalue weighted by Gasteiger charge is 2.16. The monoisotopic (exact) mass is 165 g/mol. The summed E-state index contributed by atoms with van der Waals surface area (Å²) in [5.74, 6) is 0.445. The third kappa shape index (κ3) is 1.56. The first kappa shape index (κ1) is 8.59. The molecular weight excluding hydrogens is 154 g/mol. The van der Waals surface area contributed by atoms with Gasteiger partial charge in [-0.25, -0.2) is 0 Å². The maximum Gasteiger partial charge on any atom is 0.257 e. The Labute approximate surface area is 71.4 Å². The van der Waals surface area contributed by atoms with Crippen molar-refractivity contribution in [2.45, 2.75) is 6.92 Å². The quantitative estimate of drug-likeness (QED) is 0.665. The van der Waals surface area contributed by atoms with Gasteiger partial charge >= 0.3 is 0 Å². The summed E-state index contributed by atoms with van der Waals surface area (Å²) < 4.78 is 5.18. The van der Waals surface area contributed by atoms with Crippen molar-refractivity contribution < 1.29 is 9.53 Å². The van der Waals surface area contributed by atoms with Gasteiger partial charge in [0.15, 0.2) is 6.73 Å². The topological polar surface area (TPSA) is 38.3 Å². The van der Waals surface area contributed by atoms with Gasteiger partial charge in [-0.3, -0.25) is 4.79 Å². The summed E-state index contributed by atoms with van der Waals surface area (Å²) in [6, 6.07) is 0. The van der Waals surface area contributed by atoms with Crippen LogP contribution in [0, 0.1) is 0 Å². The number of allylic oxidation sites excluding steroid dienone is 2. The zero-order chi connectivity index (χ0) is 8.97. The van der Waals surface area contributed by atoms with Crippen LogP contribution in [0.2, 0.25) is 0 Å². The zero-order valence-electron chi connectivity index (χ0n) is 6.96. The van der Waals surface area contributed by atoms with Gasteiger partial charge in [0.05, 0.1) is 5.57 Å². The molecule has 0 radical (unpaired) electrons. The Kier molecular flexibility index (Phi) is 2.69. The Balaban J connectivity index is 3.01. The minimum atomic E-state index is -0.135. The molecule has 0 saturated carbocycles. The van der Waals surface area contributed by atoms with Gasteiger partial charge in [-0.2, -0.15) is 0 Å². The van der Waals surface area contributed by atoms with E-state index in [1.165, 1.54) is 6.08 Å². The van der Waals surface area contributed by atoms with Gasteiger partial charge in [0, 0.05) is 0 Å². The highest BCUT2D eigenvalue weighted by atomic mass is 16.5. The predicted octanol–water partition coefficient (Wildman–Crippen LogP) is 1.11. The summed E-state index contributed by atoms with van der Waals surface area (Å²) in [4.78, 5) is 11.2. The van der Waals surface area contributed by atoms with Crippen molar-refractivity contribution in [2.75, 3.05) is 6.73 Å². The van der Waals surface area contributed by atoms with E-state index in [0.29, 0.717) is 11.3 Å². The SMILES string of the molecule is C=CC1=C(/C=C\C)OCNC1=O. The van der Waals surface area contributed by atoms with Crippen molar-refractivity contribution in [1.82, 2.24) is 5.32 Å². The summed E-state index contributed by atoms with van der Waals surface area (Å²) in [5, 5.41) is 2.55. The molecule has 3 nitrogen and oxygen atoms in total. The summed E-state index contributed by atoms with van der Waals surface area (Å²) in [6.07, 6.45) is 5.05. The lowest BCUT2D eigenvalue weighted by molar-refractivity contribution is -0.119. The van der Waals surface area contributed by atoms with Gasteiger partial charge in [-0.15, -0.1) is 0 Å². The Morgan fingerprint density at radius 2 is 2.42 bits per heavy atom. The van der Waals surface area contributed by atoms with E-state index in [1.807, 2.05) is 13.0 Å². The van der Waals surface area contributed by atoms with Crippen molar-refractivity contribution >= 4 is 5.91 Å². The van der Waals surface area contributed by atoms with Crippen molar-refractivity contribution in [3.8, 4) is 0 Å². The van der Waals surface area contributed by atoms with E-state index < -0.39 is 0 Å². The molecule has 0 atom stereocenters. The molecule has 1 amide bonds. The van der Waals surface area contributed by atoms with E-state index in [4.69, 9.17) is 4.74 Å². The first-order valence-electron chi connectivity index (χ1n) is 3.70. The lowest BCUT2D eigenvalue weighted by atomic mass is 10.2. The number of ether oxygens (including phenoxy) is 1. The molecule has 3 heteroatoms. The third-order valence-electron chi connectivity index (χ3n) is 1.49. The van der Waals surface area contributed by atoms with E-state index in [1.54, 1.807) is 6.08 Å². The zero-order valence-corrected chi connectivity index (χ0v) is 6.96. The van der Waals surface area contributed by atoms with Gasteiger partial charge in [0.25, 0.3) is 5.91 Å². The Morgan fingerprint density at radius 3 is 3.00 bits per heavy atom. The van der Waals surface area contributed by atoms with Crippen LogP contribution in [-0.2, 0) is 9.53 Å². The lowest BCUT2D eigenvalue weighted by Crippen LogP contribution is -2.32. The Bertz CT molecular complexity index is 264. The van der Waals surface area contributed by atoms with Crippen LogP contribution in [0.5, 0.6) is 0 Å². The van der Waals surface area contributed by atoms with Crippen molar-refractivity contribution in [3.63, 3.8) is 0 Å². The van der Waals surface area contributed by atoms with Gasteiger partial charge in [0.1, 0.15) is 5.76 Å². The molecule has 0 unspecified atom stereocenters. The van der Waals surface area contributed by atoms with Crippen molar-refractivity contribution in [1.29, 1.82) is 0 Å². The van der Waals surface area contributed by atoms with Gasteiger partial charge in [-0.05, 0) is 13.0 Å². The fourth-order valence-corrected chi connectivity index (χ4v) is 0.947. The van der Waals surface area contributed by atoms with E-state index in [2.05, 4.69) is 11.9 Å². The van der Waals surface area contributed by atoms with Crippen LogP contribution >= 0.6 is 0 Å². The molecule has 0 aromatic heterocycles. The van der Waals surface area contributed by atoms with Crippen LogP contribution in [0.4, 0.5) is 0 Å². The maximum absolute atomic E-state index is 11.2. The second kappa shape index (κ2) is 3.76. The fraction of sp³-hybridized carbons (Fsp3) is 0.222. The van der Waals surface area contributed by atoms with Gasteiger partial charge < -0.3 is 10.1 Å². The Hall–Kier alpha value is -1.51. The number of rotatable bonds is 2. The minimum Gasteiger partial charge on any atom is -0.472 e. The molecule has 0 saturated heterocycles. The predicted molar refractivity (Wildman–Crippen MR) is 46.1 cm³/mol. The number of nitrogens with one attached hydrogen (secondary N) is 1. The molecule has 1 rings (SSSR count). The molecule has 0 spiro atoms. The molecule has 0 aliphatic carbocycles. The van der Waals surface area contributed by atoms with Gasteiger partial charge in [-0.1, -0.05) is 18.7 Å². The van der Waals surface area contributed by atoms with Crippen LogP contribution in [0.15, 0.2) is 36.1 Å². The smallest absolute Gasteiger partial charge is 0.257 e. The normalized spacial score (nSPS) is 17.6. The standard InChI is InChI=1S/C9H11NO2/c1-3-5-8-7(4-2)9(11)10-6-12-8/h3-5H,2,6H2,1H3,(H,10,11)/b5-3-. The molecule has 1 aliphatic heterocycles. The highest BCUT2D eigenvalue weighted by Crippen LogP contribution is 2.12. The summed E-state index contributed by atoms with van der Waals surface area (Å²) >= 11 is 0. The number of carbonyl (C=O) groups is 1. The average molecular weight is 165 g/mol. The second-order valence-corrected chi connectivity index (χ2v) is 2.28. The lowest BCUT2D eigenvalue weighted by Gasteiger charge is -2.17. The largest absolute Gasteiger partial charge is 0.472 e. The van der Waals surface area contributed by atoms with Crippen LogP contribution in [0.25, 0.3) is 0 Å². The first-order valence-corrected chi connectivity index (χ1v) is 3.70. The van der Waals surface area contributed by atoms with E-state index >= 15 is 0 Å². The third-order valence-corrected chi connectivity index (χ3v) is 1.49. The number of amides is 1. The van der Waals surface area contributed by atoms with Crippen molar-refractivity contribution in [2.24, 2.45) is 0 Å². The van der Waals surface area contributed by atoms with E-state index in [9.17, 15) is 4.79 Å². The molecule has 1 N–H and O–H groups in total. The summed E-state index contributed by atoms with van der Waals surface area (Å²) in [6.45, 7) is 5.63. The molecular formula is C9H11NO2.